The molecule has 1 heterocycles. The molecule has 1 aromatic heterocycles. The molecule has 132 valence electrons. The van der Waals surface area contributed by atoms with Gasteiger partial charge < -0.3 is 4.90 Å². The molecule has 0 aliphatic rings. The molecule has 1 amide bonds. The highest BCUT2D eigenvalue weighted by molar-refractivity contribution is 6.30. The van der Waals surface area contributed by atoms with Crippen molar-refractivity contribution in [3.05, 3.63) is 101 Å². The molecule has 0 saturated heterocycles. The predicted molar refractivity (Wildman–Crippen MR) is 105 cm³/mol. The lowest BCUT2D eigenvalue weighted by Crippen LogP contribution is -2.27. The van der Waals surface area contributed by atoms with Crippen LogP contribution in [-0.2, 0) is 11.3 Å². The molecule has 3 nitrogen and oxygen atoms in total. The van der Waals surface area contributed by atoms with Gasteiger partial charge in [0.1, 0.15) is 0 Å². The summed E-state index contributed by atoms with van der Waals surface area (Å²) in [6.45, 7) is 0.550. The lowest BCUT2D eigenvalue weighted by molar-refractivity contribution is -0.130. The fourth-order valence-corrected chi connectivity index (χ4v) is 3.12. The zero-order valence-electron chi connectivity index (χ0n) is 14.7. The van der Waals surface area contributed by atoms with E-state index in [0.29, 0.717) is 18.0 Å². The van der Waals surface area contributed by atoms with Gasteiger partial charge in [0.25, 0.3) is 0 Å². The van der Waals surface area contributed by atoms with Gasteiger partial charge in [-0.3, -0.25) is 9.78 Å². The summed E-state index contributed by atoms with van der Waals surface area (Å²) >= 11 is 6.03. The van der Waals surface area contributed by atoms with E-state index in [2.05, 4.69) is 17.1 Å². The third-order valence-electron chi connectivity index (χ3n) is 4.42. The van der Waals surface area contributed by atoms with Crippen molar-refractivity contribution in [2.24, 2.45) is 0 Å². The van der Waals surface area contributed by atoms with Crippen LogP contribution >= 0.6 is 11.6 Å². The molecule has 0 bridgehead atoms. The van der Waals surface area contributed by atoms with Crippen molar-refractivity contribution in [3.63, 3.8) is 0 Å². The first-order valence-electron chi connectivity index (χ1n) is 8.57. The summed E-state index contributed by atoms with van der Waals surface area (Å²) in [5.74, 6) is 0.0926. The highest BCUT2D eigenvalue weighted by Crippen LogP contribution is 2.29. The molecule has 1 atom stereocenters. The average Bonchev–Trinajstić information content (AvgIpc) is 2.68. The molecule has 2 aromatic carbocycles. The number of rotatable bonds is 6. The van der Waals surface area contributed by atoms with E-state index in [9.17, 15) is 4.79 Å². The molecule has 0 N–H and O–H groups in total. The fourth-order valence-electron chi connectivity index (χ4n) is 2.99. The van der Waals surface area contributed by atoms with Crippen molar-refractivity contribution < 1.29 is 4.79 Å². The highest BCUT2D eigenvalue weighted by atomic mass is 35.5. The molecule has 26 heavy (non-hydrogen) atoms. The smallest absolute Gasteiger partial charge is 0.223 e. The minimum absolute atomic E-state index is 0.00249. The van der Waals surface area contributed by atoms with Gasteiger partial charge in [-0.25, -0.2) is 0 Å². The number of aromatic nitrogens is 1. The van der Waals surface area contributed by atoms with E-state index in [1.807, 2.05) is 61.6 Å². The van der Waals surface area contributed by atoms with Crippen molar-refractivity contribution in [3.8, 4) is 0 Å². The standard InChI is InChI=1S/C22H21ClN2O/c1-25(16-17-6-5-13-24-15-17)22(26)14-21(18-7-3-2-4-8-18)19-9-11-20(23)12-10-19/h2-13,15,21H,14,16H2,1H3. The van der Waals surface area contributed by atoms with Gasteiger partial charge in [0.15, 0.2) is 0 Å². The second kappa shape index (κ2) is 8.63. The number of pyridine rings is 1. The zero-order chi connectivity index (χ0) is 18.4. The Morgan fingerprint density at radius 3 is 2.35 bits per heavy atom. The highest BCUT2D eigenvalue weighted by Gasteiger charge is 2.20. The Bertz CT molecular complexity index is 835. The molecule has 0 saturated carbocycles. The maximum Gasteiger partial charge on any atom is 0.223 e. The third kappa shape index (κ3) is 4.70. The number of carbonyl (C=O) groups is 1. The van der Waals surface area contributed by atoms with Gasteiger partial charge in [-0.2, -0.15) is 0 Å². The van der Waals surface area contributed by atoms with Crippen LogP contribution in [0.25, 0.3) is 0 Å². The lowest BCUT2D eigenvalue weighted by Gasteiger charge is -2.22. The van der Waals surface area contributed by atoms with E-state index in [0.717, 1.165) is 16.7 Å². The maximum absolute atomic E-state index is 12.9. The normalized spacial score (nSPS) is 11.8. The summed E-state index contributed by atoms with van der Waals surface area (Å²) in [6, 6.07) is 21.7. The number of carbonyl (C=O) groups excluding carboxylic acids is 1. The Kier molecular flexibility index (Phi) is 6.03. The summed E-state index contributed by atoms with van der Waals surface area (Å²) in [6.07, 6.45) is 3.93. The molecule has 0 aliphatic carbocycles. The van der Waals surface area contributed by atoms with Crippen molar-refractivity contribution in [1.29, 1.82) is 0 Å². The third-order valence-corrected chi connectivity index (χ3v) is 4.67. The number of halogens is 1. The Balaban J connectivity index is 1.79. The summed E-state index contributed by atoms with van der Waals surface area (Å²) in [5, 5.41) is 0.695. The van der Waals surface area contributed by atoms with Crippen LogP contribution in [0.5, 0.6) is 0 Å². The monoisotopic (exact) mass is 364 g/mol. The van der Waals surface area contributed by atoms with Crippen LogP contribution in [0.3, 0.4) is 0 Å². The van der Waals surface area contributed by atoms with Gasteiger partial charge in [0.05, 0.1) is 0 Å². The van der Waals surface area contributed by atoms with Gasteiger partial charge in [0.2, 0.25) is 5.91 Å². The van der Waals surface area contributed by atoms with E-state index < -0.39 is 0 Å². The number of amides is 1. The average molecular weight is 365 g/mol. The minimum atomic E-state index is -0.00249. The molecule has 1 unspecified atom stereocenters. The van der Waals surface area contributed by atoms with Gasteiger partial charge in [0, 0.05) is 43.3 Å². The van der Waals surface area contributed by atoms with Gasteiger partial charge in [-0.15, -0.1) is 0 Å². The lowest BCUT2D eigenvalue weighted by atomic mass is 9.88. The molecule has 0 radical (unpaired) electrons. The molecule has 0 aliphatic heterocycles. The number of benzene rings is 2. The Morgan fingerprint density at radius 2 is 1.69 bits per heavy atom. The van der Waals surface area contributed by atoms with Crippen molar-refractivity contribution >= 4 is 17.5 Å². The van der Waals surface area contributed by atoms with Crippen molar-refractivity contribution in [1.82, 2.24) is 9.88 Å². The number of hydrogen-bond acceptors (Lipinski definition) is 2. The second-order valence-electron chi connectivity index (χ2n) is 6.33. The van der Waals surface area contributed by atoms with Crippen LogP contribution < -0.4 is 0 Å². The largest absolute Gasteiger partial charge is 0.341 e. The molecular weight excluding hydrogens is 344 g/mol. The molecule has 0 fully saturated rings. The van der Waals surface area contributed by atoms with E-state index in [-0.39, 0.29) is 11.8 Å². The summed E-state index contributed by atoms with van der Waals surface area (Å²) < 4.78 is 0. The molecule has 3 aromatic rings. The summed E-state index contributed by atoms with van der Waals surface area (Å²) in [5.41, 5.74) is 3.23. The van der Waals surface area contributed by atoms with Crippen molar-refractivity contribution in [2.45, 2.75) is 18.9 Å². The van der Waals surface area contributed by atoms with E-state index in [1.165, 1.54) is 0 Å². The van der Waals surface area contributed by atoms with E-state index in [1.54, 1.807) is 17.3 Å². The molecule has 0 spiro atoms. The van der Waals surface area contributed by atoms with Crippen LogP contribution in [0, 0.1) is 0 Å². The predicted octanol–water partition coefficient (Wildman–Crippen LogP) is 4.92. The van der Waals surface area contributed by atoms with Crippen LogP contribution in [0.2, 0.25) is 5.02 Å². The van der Waals surface area contributed by atoms with E-state index >= 15 is 0 Å². The minimum Gasteiger partial charge on any atom is -0.341 e. The molecular formula is C22H21ClN2O. The first-order chi connectivity index (χ1) is 12.6. The topological polar surface area (TPSA) is 33.2 Å². The molecule has 4 heteroatoms. The summed E-state index contributed by atoms with van der Waals surface area (Å²) in [7, 11) is 1.83. The van der Waals surface area contributed by atoms with E-state index in [4.69, 9.17) is 11.6 Å². The Hall–Kier alpha value is -2.65. The van der Waals surface area contributed by atoms with Crippen molar-refractivity contribution in [2.75, 3.05) is 7.05 Å². The Labute approximate surface area is 159 Å². The SMILES string of the molecule is CN(Cc1cccnc1)C(=O)CC(c1ccccc1)c1ccc(Cl)cc1. The summed E-state index contributed by atoms with van der Waals surface area (Å²) in [4.78, 5) is 18.7. The maximum atomic E-state index is 12.9. The van der Waals surface area contributed by atoms with Crippen LogP contribution in [0.1, 0.15) is 29.0 Å². The van der Waals surface area contributed by atoms with Crippen LogP contribution in [0.15, 0.2) is 79.1 Å². The first-order valence-corrected chi connectivity index (χ1v) is 8.94. The fraction of sp³-hybridized carbons (Fsp3) is 0.182. The first kappa shape index (κ1) is 18.2. The Morgan fingerprint density at radius 1 is 1.00 bits per heavy atom. The zero-order valence-corrected chi connectivity index (χ0v) is 15.4. The van der Waals surface area contributed by atoms with Gasteiger partial charge in [-0.1, -0.05) is 60.1 Å². The molecule has 3 rings (SSSR count). The van der Waals surface area contributed by atoms with Crippen LogP contribution in [-0.4, -0.2) is 22.8 Å². The number of nitrogens with zero attached hydrogens (tertiary/aromatic N) is 2. The van der Waals surface area contributed by atoms with Gasteiger partial charge >= 0.3 is 0 Å². The number of hydrogen-bond donors (Lipinski definition) is 0. The van der Waals surface area contributed by atoms with Crippen LogP contribution in [0.4, 0.5) is 0 Å². The second-order valence-corrected chi connectivity index (χ2v) is 6.77. The quantitative estimate of drug-likeness (QED) is 0.622. The van der Waals surface area contributed by atoms with Gasteiger partial charge in [-0.05, 0) is 34.9 Å².